The first-order valence-corrected chi connectivity index (χ1v) is 7.96. The molecule has 0 spiro atoms. The van der Waals surface area contributed by atoms with Crippen LogP contribution in [-0.4, -0.2) is 28.5 Å². The van der Waals surface area contributed by atoms with E-state index in [0.717, 1.165) is 18.4 Å². The van der Waals surface area contributed by atoms with E-state index in [0.29, 0.717) is 12.6 Å². The lowest BCUT2D eigenvalue weighted by Gasteiger charge is -2.31. The highest BCUT2D eigenvalue weighted by Gasteiger charge is 2.22. The van der Waals surface area contributed by atoms with Crippen LogP contribution in [0.25, 0.3) is 10.9 Å². The molecule has 3 rings (SSSR count). The van der Waals surface area contributed by atoms with Crippen molar-refractivity contribution in [1.29, 1.82) is 0 Å². The van der Waals surface area contributed by atoms with Gasteiger partial charge in [0.25, 0.3) is 0 Å². The van der Waals surface area contributed by atoms with E-state index in [1.54, 1.807) is 0 Å². The van der Waals surface area contributed by atoms with E-state index in [2.05, 4.69) is 35.8 Å². The summed E-state index contributed by atoms with van der Waals surface area (Å²) < 4.78 is 2.07. The van der Waals surface area contributed by atoms with Crippen molar-refractivity contribution in [2.75, 3.05) is 7.05 Å². The Balaban J connectivity index is 1.73. The first-order chi connectivity index (χ1) is 10.1. The van der Waals surface area contributed by atoms with E-state index in [9.17, 15) is 4.79 Å². The summed E-state index contributed by atoms with van der Waals surface area (Å²) in [5, 5.41) is 1.21. The van der Waals surface area contributed by atoms with Crippen LogP contribution < -0.4 is 0 Å². The molecule has 1 heterocycles. The van der Waals surface area contributed by atoms with Gasteiger partial charge in [0.05, 0.1) is 0 Å². The molecular weight excluding hydrogens is 260 g/mol. The standard InChI is InChI=1S/C18H24N2O/c1-14-8-9-17-15(12-14)10-11-20(17)13-18(21)19(2)16-6-4-3-5-7-16/h8-12,16H,3-7,13H2,1-2H3. The Kier molecular flexibility index (Phi) is 4.00. The molecule has 0 atom stereocenters. The molecule has 0 unspecified atom stereocenters. The van der Waals surface area contributed by atoms with Crippen molar-refractivity contribution < 1.29 is 4.79 Å². The van der Waals surface area contributed by atoms with E-state index in [-0.39, 0.29) is 5.91 Å². The van der Waals surface area contributed by atoms with Crippen molar-refractivity contribution in [2.45, 2.75) is 51.6 Å². The van der Waals surface area contributed by atoms with Gasteiger partial charge in [-0.2, -0.15) is 0 Å². The van der Waals surface area contributed by atoms with E-state index < -0.39 is 0 Å². The summed E-state index contributed by atoms with van der Waals surface area (Å²) in [6, 6.07) is 8.92. The summed E-state index contributed by atoms with van der Waals surface area (Å²) in [4.78, 5) is 14.5. The maximum Gasteiger partial charge on any atom is 0.242 e. The Morgan fingerprint density at radius 3 is 2.76 bits per heavy atom. The molecule has 0 radical (unpaired) electrons. The number of rotatable bonds is 3. The molecule has 21 heavy (non-hydrogen) atoms. The highest BCUT2D eigenvalue weighted by Crippen LogP contribution is 2.22. The van der Waals surface area contributed by atoms with Gasteiger partial charge in [-0.05, 0) is 43.4 Å². The van der Waals surface area contributed by atoms with Gasteiger partial charge in [0.2, 0.25) is 5.91 Å². The monoisotopic (exact) mass is 284 g/mol. The van der Waals surface area contributed by atoms with E-state index in [1.165, 1.54) is 30.2 Å². The molecule has 112 valence electrons. The van der Waals surface area contributed by atoms with Crippen molar-refractivity contribution in [3.63, 3.8) is 0 Å². The number of carbonyl (C=O) groups excluding carboxylic acids is 1. The topological polar surface area (TPSA) is 25.2 Å². The minimum absolute atomic E-state index is 0.222. The average Bonchev–Trinajstić information content (AvgIpc) is 2.89. The molecule has 3 nitrogen and oxygen atoms in total. The molecule has 1 aliphatic carbocycles. The van der Waals surface area contributed by atoms with Crippen LogP contribution in [0.4, 0.5) is 0 Å². The molecule has 1 aliphatic rings. The third-order valence-corrected chi connectivity index (χ3v) is 4.75. The first-order valence-electron chi connectivity index (χ1n) is 7.96. The second-order valence-corrected chi connectivity index (χ2v) is 6.30. The Bertz CT molecular complexity index is 638. The lowest BCUT2D eigenvalue weighted by molar-refractivity contribution is -0.133. The van der Waals surface area contributed by atoms with Gasteiger partial charge < -0.3 is 9.47 Å². The highest BCUT2D eigenvalue weighted by molar-refractivity contribution is 5.83. The van der Waals surface area contributed by atoms with Crippen molar-refractivity contribution in [3.05, 3.63) is 36.0 Å². The fourth-order valence-corrected chi connectivity index (χ4v) is 3.39. The summed E-state index contributed by atoms with van der Waals surface area (Å²) in [5.74, 6) is 0.222. The summed E-state index contributed by atoms with van der Waals surface area (Å²) in [7, 11) is 1.97. The molecule has 2 aromatic rings. The number of hydrogen-bond donors (Lipinski definition) is 0. The van der Waals surface area contributed by atoms with Gasteiger partial charge >= 0.3 is 0 Å². The molecular formula is C18H24N2O. The normalized spacial score (nSPS) is 16.3. The summed E-state index contributed by atoms with van der Waals surface area (Å²) >= 11 is 0. The number of hydrogen-bond acceptors (Lipinski definition) is 1. The highest BCUT2D eigenvalue weighted by atomic mass is 16.2. The Morgan fingerprint density at radius 1 is 1.24 bits per heavy atom. The number of likely N-dealkylation sites (N-methyl/N-ethyl adjacent to an activating group) is 1. The van der Waals surface area contributed by atoms with Gasteiger partial charge in [-0.15, -0.1) is 0 Å². The SMILES string of the molecule is Cc1ccc2c(ccn2CC(=O)N(C)C2CCCCC2)c1. The third-order valence-electron chi connectivity index (χ3n) is 4.75. The van der Waals surface area contributed by atoms with Gasteiger partial charge in [-0.25, -0.2) is 0 Å². The van der Waals surface area contributed by atoms with Crippen LogP contribution in [0, 0.1) is 6.92 Å². The predicted molar refractivity (Wildman–Crippen MR) is 86.3 cm³/mol. The number of carbonyl (C=O) groups is 1. The second kappa shape index (κ2) is 5.92. The van der Waals surface area contributed by atoms with Crippen LogP contribution >= 0.6 is 0 Å². The largest absolute Gasteiger partial charge is 0.341 e. The molecule has 3 heteroatoms. The predicted octanol–water partition coefficient (Wildman–Crippen LogP) is 3.74. The number of amides is 1. The van der Waals surface area contributed by atoms with Gasteiger partial charge in [0.15, 0.2) is 0 Å². The zero-order valence-corrected chi connectivity index (χ0v) is 13.0. The first kappa shape index (κ1) is 14.2. The lowest BCUT2D eigenvalue weighted by Crippen LogP contribution is -2.40. The zero-order chi connectivity index (χ0) is 14.8. The van der Waals surface area contributed by atoms with Crippen LogP contribution in [0.1, 0.15) is 37.7 Å². The van der Waals surface area contributed by atoms with Crippen molar-refractivity contribution in [2.24, 2.45) is 0 Å². The van der Waals surface area contributed by atoms with E-state index in [4.69, 9.17) is 0 Å². The van der Waals surface area contributed by atoms with Crippen LogP contribution in [0.5, 0.6) is 0 Å². The second-order valence-electron chi connectivity index (χ2n) is 6.30. The minimum Gasteiger partial charge on any atom is -0.341 e. The number of aromatic nitrogens is 1. The number of fused-ring (bicyclic) bond motifs is 1. The molecule has 1 saturated carbocycles. The van der Waals surface area contributed by atoms with Crippen molar-refractivity contribution >= 4 is 16.8 Å². The van der Waals surface area contributed by atoms with E-state index >= 15 is 0 Å². The van der Waals surface area contributed by atoms with Crippen LogP contribution in [-0.2, 0) is 11.3 Å². The Morgan fingerprint density at radius 2 is 2.00 bits per heavy atom. The number of benzene rings is 1. The molecule has 1 amide bonds. The van der Waals surface area contributed by atoms with Crippen molar-refractivity contribution in [1.82, 2.24) is 9.47 Å². The number of aryl methyl sites for hydroxylation is 1. The van der Waals surface area contributed by atoms with Gasteiger partial charge in [-0.3, -0.25) is 4.79 Å². The smallest absolute Gasteiger partial charge is 0.242 e. The molecule has 0 aliphatic heterocycles. The quantitative estimate of drug-likeness (QED) is 0.843. The van der Waals surface area contributed by atoms with Crippen LogP contribution in [0.2, 0.25) is 0 Å². The summed E-state index contributed by atoms with van der Waals surface area (Å²) in [5.41, 5.74) is 2.40. The molecule has 0 saturated heterocycles. The van der Waals surface area contributed by atoms with Crippen LogP contribution in [0.3, 0.4) is 0 Å². The van der Waals surface area contributed by atoms with Gasteiger partial charge in [0.1, 0.15) is 6.54 Å². The number of nitrogens with zero attached hydrogens (tertiary/aromatic N) is 2. The fraction of sp³-hybridized carbons (Fsp3) is 0.500. The Hall–Kier alpha value is -1.77. The summed E-state index contributed by atoms with van der Waals surface area (Å²) in [6.45, 7) is 2.54. The van der Waals surface area contributed by atoms with Gasteiger partial charge in [-0.1, -0.05) is 30.9 Å². The summed E-state index contributed by atoms with van der Waals surface area (Å²) in [6.07, 6.45) is 8.18. The fourth-order valence-electron chi connectivity index (χ4n) is 3.39. The average molecular weight is 284 g/mol. The molecule has 0 N–H and O–H groups in total. The molecule has 1 aromatic heterocycles. The minimum atomic E-state index is 0.222. The Labute approximate surface area is 126 Å². The zero-order valence-electron chi connectivity index (χ0n) is 13.0. The lowest BCUT2D eigenvalue weighted by atomic mass is 9.94. The maximum absolute atomic E-state index is 12.5. The molecule has 1 fully saturated rings. The van der Waals surface area contributed by atoms with Crippen LogP contribution in [0.15, 0.2) is 30.5 Å². The molecule has 0 bridgehead atoms. The van der Waals surface area contributed by atoms with Crippen molar-refractivity contribution in [3.8, 4) is 0 Å². The van der Waals surface area contributed by atoms with Gasteiger partial charge in [0, 0.05) is 24.8 Å². The maximum atomic E-state index is 12.5. The third kappa shape index (κ3) is 2.97. The van der Waals surface area contributed by atoms with E-state index in [1.807, 2.05) is 18.1 Å². The molecule has 1 aromatic carbocycles.